The summed E-state index contributed by atoms with van der Waals surface area (Å²) in [6.45, 7) is 19.2. The van der Waals surface area contributed by atoms with Crippen LogP contribution < -0.4 is 0 Å². The van der Waals surface area contributed by atoms with Crippen LogP contribution >= 0.6 is 0 Å². The molecule has 0 heterocycles. The minimum atomic E-state index is -0.120. The standard InChI is InChI=1S/C7H14O2.2C6H12O2/c1-5(2)7(8)9-6(3)4;2*1-4-8-6(7)5(2)3/h5-6H,1-4H3;2*5H,4H2,1-3H3. The van der Waals surface area contributed by atoms with Crippen molar-refractivity contribution in [1.82, 2.24) is 0 Å². The van der Waals surface area contributed by atoms with E-state index in [0.717, 1.165) is 0 Å². The van der Waals surface area contributed by atoms with Crippen molar-refractivity contribution in [1.29, 1.82) is 0 Å². The molecule has 150 valence electrons. The molecule has 0 aromatic carbocycles. The van der Waals surface area contributed by atoms with Gasteiger partial charge in [0.1, 0.15) is 0 Å². The Morgan fingerprint density at radius 1 is 0.600 bits per heavy atom. The molecule has 0 saturated carbocycles. The molecule has 0 aliphatic rings. The van der Waals surface area contributed by atoms with Crippen LogP contribution in [0.2, 0.25) is 0 Å². The van der Waals surface area contributed by atoms with Gasteiger partial charge in [-0.3, -0.25) is 14.4 Å². The lowest BCUT2D eigenvalue weighted by molar-refractivity contribution is -0.151. The zero-order valence-electron chi connectivity index (χ0n) is 17.7. The van der Waals surface area contributed by atoms with E-state index in [1.54, 1.807) is 13.8 Å². The maximum absolute atomic E-state index is 10.7. The van der Waals surface area contributed by atoms with Gasteiger partial charge in [-0.1, -0.05) is 41.5 Å². The Balaban J connectivity index is -0.000000291. The first-order chi connectivity index (χ1) is 11.4. The quantitative estimate of drug-likeness (QED) is 0.525. The third kappa shape index (κ3) is 22.4. The Labute approximate surface area is 153 Å². The molecule has 0 unspecified atom stereocenters. The van der Waals surface area contributed by atoms with E-state index < -0.39 is 0 Å². The largest absolute Gasteiger partial charge is 0.466 e. The number of carbonyl (C=O) groups is 3. The minimum absolute atomic E-state index is 0.00704. The molecular formula is C19H38O6. The predicted octanol–water partition coefficient (Wildman–Crippen LogP) is 4.01. The molecule has 0 spiro atoms. The smallest absolute Gasteiger partial charge is 0.308 e. The van der Waals surface area contributed by atoms with Gasteiger partial charge >= 0.3 is 17.9 Å². The van der Waals surface area contributed by atoms with Crippen molar-refractivity contribution in [2.75, 3.05) is 13.2 Å². The summed E-state index contributed by atoms with van der Waals surface area (Å²) in [5.74, 6) is -0.345. The van der Waals surface area contributed by atoms with Crippen LogP contribution in [-0.4, -0.2) is 37.2 Å². The Bertz CT molecular complexity index is 337. The molecule has 6 nitrogen and oxygen atoms in total. The number of esters is 3. The van der Waals surface area contributed by atoms with Crippen LogP contribution in [0.25, 0.3) is 0 Å². The summed E-state index contributed by atoms with van der Waals surface area (Å²) >= 11 is 0. The van der Waals surface area contributed by atoms with Gasteiger partial charge in [0.15, 0.2) is 0 Å². The van der Waals surface area contributed by atoms with Crippen LogP contribution in [-0.2, 0) is 28.6 Å². The van der Waals surface area contributed by atoms with Crippen molar-refractivity contribution in [2.45, 2.75) is 75.3 Å². The highest BCUT2D eigenvalue weighted by Crippen LogP contribution is 1.98. The van der Waals surface area contributed by atoms with Gasteiger partial charge < -0.3 is 14.2 Å². The lowest BCUT2D eigenvalue weighted by Crippen LogP contribution is -2.16. The maximum atomic E-state index is 10.7. The number of ether oxygens (including phenoxy) is 3. The van der Waals surface area contributed by atoms with Gasteiger partial charge in [0.05, 0.1) is 37.1 Å². The first-order valence-electron chi connectivity index (χ1n) is 8.94. The SMILES string of the molecule is CC(C)OC(=O)C(C)C.CCOC(=O)C(C)C.CCOC(=O)C(C)C. The van der Waals surface area contributed by atoms with Gasteiger partial charge in [-0.05, 0) is 27.7 Å². The summed E-state index contributed by atoms with van der Waals surface area (Å²) in [5.41, 5.74) is 0. The summed E-state index contributed by atoms with van der Waals surface area (Å²) in [6.07, 6.45) is 0.0138. The number of carbonyl (C=O) groups excluding carboxylic acids is 3. The summed E-state index contributed by atoms with van der Waals surface area (Å²) < 4.78 is 14.2. The van der Waals surface area contributed by atoms with E-state index in [-0.39, 0.29) is 41.8 Å². The van der Waals surface area contributed by atoms with E-state index in [0.29, 0.717) is 13.2 Å². The van der Waals surface area contributed by atoms with Gasteiger partial charge in [0, 0.05) is 0 Å². The van der Waals surface area contributed by atoms with Gasteiger partial charge in [-0.25, -0.2) is 0 Å². The van der Waals surface area contributed by atoms with E-state index in [9.17, 15) is 14.4 Å². The van der Waals surface area contributed by atoms with Crippen molar-refractivity contribution in [3.05, 3.63) is 0 Å². The summed E-state index contributed by atoms with van der Waals surface area (Å²) in [6, 6.07) is 0. The zero-order chi connectivity index (χ0) is 20.6. The second-order valence-electron chi connectivity index (χ2n) is 6.45. The molecule has 0 fully saturated rings. The van der Waals surface area contributed by atoms with Gasteiger partial charge in [0.2, 0.25) is 0 Å². The predicted molar refractivity (Wildman–Crippen MR) is 99.0 cm³/mol. The van der Waals surface area contributed by atoms with E-state index in [1.165, 1.54) is 0 Å². The van der Waals surface area contributed by atoms with Crippen molar-refractivity contribution in [2.24, 2.45) is 17.8 Å². The third-order valence-corrected chi connectivity index (χ3v) is 2.34. The van der Waals surface area contributed by atoms with E-state index >= 15 is 0 Å². The zero-order valence-corrected chi connectivity index (χ0v) is 17.7. The maximum Gasteiger partial charge on any atom is 0.308 e. The summed E-state index contributed by atoms with van der Waals surface area (Å²) in [7, 11) is 0. The van der Waals surface area contributed by atoms with E-state index in [1.807, 2.05) is 55.4 Å². The lowest BCUT2D eigenvalue weighted by Gasteiger charge is -2.08. The number of rotatable bonds is 6. The highest BCUT2D eigenvalue weighted by atomic mass is 16.5. The molecule has 0 rings (SSSR count). The van der Waals surface area contributed by atoms with Crippen molar-refractivity contribution in [3.8, 4) is 0 Å². The molecule has 25 heavy (non-hydrogen) atoms. The Morgan fingerprint density at radius 2 is 0.880 bits per heavy atom. The molecule has 0 atom stereocenters. The second kappa shape index (κ2) is 17.2. The topological polar surface area (TPSA) is 78.9 Å². The van der Waals surface area contributed by atoms with E-state index in [4.69, 9.17) is 4.74 Å². The van der Waals surface area contributed by atoms with Crippen LogP contribution in [0.1, 0.15) is 69.2 Å². The lowest BCUT2D eigenvalue weighted by atomic mass is 10.2. The first kappa shape index (κ1) is 28.2. The molecule has 0 aromatic rings. The highest BCUT2D eigenvalue weighted by Gasteiger charge is 2.09. The third-order valence-electron chi connectivity index (χ3n) is 2.34. The summed E-state index contributed by atoms with van der Waals surface area (Å²) in [5, 5.41) is 0. The van der Waals surface area contributed by atoms with Crippen LogP contribution in [0.15, 0.2) is 0 Å². The van der Waals surface area contributed by atoms with Crippen LogP contribution in [0.5, 0.6) is 0 Å². The van der Waals surface area contributed by atoms with Gasteiger partial charge in [-0.2, -0.15) is 0 Å². The molecule has 0 saturated heterocycles. The molecule has 0 aliphatic carbocycles. The molecular weight excluding hydrogens is 324 g/mol. The molecule has 6 heteroatoms. The number of hydrogen-bond acceptors (Lipinski definition) is 6. The second-order valence-corrected chi connectivity index (χ2v) is 6.45. The molecule has 0 aromatic heterocycles. The average Bonchev–Trinajstić information content (AvgIpc) is 2.48. The average molecular weight is 363 g/mol. The van der Waals surface area contributed by atoms with Crippen LogP contribution in [0.4, 0.5) is 0 Å². The molecule has 0 aliphatic heterocycles. The fourth-order valence-corrected chi connectivity index (χ4v) is 0.986. The van der Waals surface area contributed by atoms with Gasteiger partial charge in [-0.15, -0.1) is 0 Å². The Morgan fingerprint density at radius 3 is 0.960 bits per heavy atom. The van der Waals surface area contributed by atoms with Gasteiger partial charge in [0.25, 0.3) is 0 Å². The monoisotopic (exact) mass is 362 g/mol. The van der Waals surface area contributed by atoms with Crippen molar-refractivity contribution >= 4 is 17.9 Å². The van der Waals surface area contributed by atoms with Crippen LogP contribution in [0, 0.1) is 17.8 Å². The number of hydrogen-bond donors (Lipinski definition) is 0. The summed E-state index contributed by atoms with van der Waals surface area (Å²) in [4.78, 5) is 31.8. The fourth-order valence-electron chi connectivity index (χ4n) is 0.986. The molecule has 0 radical (unpaired) electrons. The molecule has 0 amide bonds. The Kier molecular flexibility index (Phi) is 19.5. The highest BCUT2D eigenvalue weighted by molar-refractivity contribution is 5.72. The fraction of sp³-hybridized carbons (Fsp3) is 0.842. The normalized spacial score (nSPS) is 9.84. The first-order valence-corrected chi connectivity index (χ1v) is 8.94. The molecule has 0 N–H and O–H groups in total. The molecule has 0 bridgehead atoms. The van der Waals surface area contributed by atoms with E-state index in [2.05, 4.69) is 9.47 Å². The van der Waals surface area contributed by atoms with Crippen molar-refractivity contribution < 1.29 is 28.6 Å². The van der Waals surface area contributed by atoms with Crippen molar-refractivity contribution in [3.63, 3.8) is 0 Å². The minimum Gasteiger partial charge on any atom is -0.466 e. The Hall–Kier alpha value is -1.59. The van der Waals surface area contributed by atoms with Crippen LogP contribution in [0.3, 0.4) is 0 Å².